The van der Waals surface area contributed by atoms with Crippen LogP contribution in [0.1, 0.15) is 12.5 Å². The molecule has 1 amide bonds. The monoisotopic (exact) mass is 286 g/mol. The minimum Gasteiger partial charge on any atom is -0.272 e. The molecule has 0 aliphatic heterocycles. The number of aromatic nitrogens is 2. The molecular weight excluding hydrogens is 272 g/mol. The number of carbonyl (C=O) groups excluding carboxylic acids is 1. The third kappa shape index (κ3) is 4.47. The third-order valence-electron chi connectivity index (χ3n) is 2.41. The predicted octanol–water partition coefficient (Wildman–Crippen LogP) is 2.11. The van der Waals surface area contributed by atoms with Gasteiger partial charge in [-0.2, -0.15) is 5.10 Å². The van der Waals surface area contributed by atoms with Crippen molar-refractivity contribution in [1.29, 1.82) is 0 Å². The zero-order valence-electron chi connectivity index (χ0n) is 11.0. The first-order valence-electron chi connectivity index (χ1n) is 6.04. The van der Waals surface area contributed by atoms with Gasteiger partial charge in [0, 0.05) is 12.4 Å². The third-order valence-corrected chi connectivity index (χ3v) is 3.29. The fraction of sp³-hybridized carbons (Fsp3) is 0.143. The Morgan fingerprint density at radius 1 is 1.20 bits per heavy atom. The van der Waals surface area contributed by atoms with Gasteiger partial charge < -0.3 is 0 Å². The number of nitrogens with zero attached hydrogens (tertiary/aromatic N) is 3. The van der Waals surface area contributed by atoms with Crippen molar-refractivity contribution in [3.63, 3.8) is 0 Å². The van der Waals surface area contributed by atoms with E-state index in [1.807, 2.05) is 37.3 Å². The standard InChI is InChI=1S/C14H14N4OS/c1-11(12-6-3-2-4-7-12)17-18-13(19)10-20-14-15-8-5-9-16-14/h2-9H,10H2,1H3,(H,18,19). The number of benzene rings is 1. The molecule has 2 aromatic rings. The van der Waals surface area contributed by atoms with E-state index in [2.05, 4.69) is 20.5 Å². The smallest absolute Gasteiger partial charge is 0.250 e. The molecule has 2 rings (SSSR count). The second-order valence-corrected chi connectivity index (χ2v) is 4.86. The summed E-state index contributed by atoms with van der Waals surface area (Å²) in [4.78, 5) is 19.7. The van der Waals surface area contributed by atoms with Crippen LogP contribution < -0.4 is 5.43 Å². The van der Waals surface area contributed by atoms with Gasteiger partial charge in [-0.3, -0.25) is 4.79 Å². The molecule has 1 N–H and O–H groups in total. The van der Waals surface area contributed by atoms with Gasteiger partial charge in [0.25, 0.3) is 5.91 Å². The lowest BCUT2D eigenvalue weighted by Gasteiger charge is -2.02. The van der Waals surface area contributed by atoms with Crippen LogP contribution in [0.15, 0.2) is 59.0 Å². The molecule has 0 aliphatic rings. The van der Waals surface area contributed by atoms with E-state index in [4.69, 9.17) is 0 Å². The van der Waals surface area contributed by atoms with Gasteiger partial charge in [-0.25, -0.2) is 15.4 Å². The summed E-state index contributed by atoms with van der Waals surface area (Å²) in [5.41, 5.74) is 4.27. The van der Waals surface area contributed by atoms with Crippen molar-refractivity contribution < 1.29 is 4.79 Å². The highest BCUT2D eigenvalue weighted by Crippen LogP contribution is 2.09. The van der Waals surface area contributed by atoms with Crippen LogP contribution in [-0.4, -0.2) is 27.3 Å². The van der Waals surface area contributed by atoms with Gasteiger partial charge in [0.2, 0.25) is 0 Å². The molecule has 0 fully saturated rings. The van der Waals surface area contributed by atoms with E-state index in [-0.39, 0.29) is 11.7 Å². The van der Waals surface area contributed by atoms with Crippen molar-refractivity contribution >= 4 is 23.4 Å². The molecule has 0 spiro atoms. The van der Waals surface area contributed by atoms with Gasteiger partial charge >= 0.3 is 0 Å². The van der Waals surface area contributed by atoms with Crippen molar-refractivity contribution in [3.05, 3.63) is 54.4 Å². The fourth-order valence-corrected chi connectivity index (χ4v) is 2.01. The Labute approximate surface area is 121 Å². The molecule has 0 bridgehead atoms. The number of hydrazone groups is 1. The van der Waals surface area contributed by atoms with E-state index in [0.29, 0.717) is 5.16 Å². The average molecular weight is 286 g/mol. The molecule has 20 heavy (non-hydrogen) atoms. The SMILES string of the molecule is CC(=NNC(=O)CSc1ncccn1)c1ccccc1. The lowest BCUT2D eigenvalue weighted by atomic mass is 10.1. The summed E-state index contributed by atoms with van der Waals surface area (Å²) in [6.07, 6.45) is 3.29. The molecule has 0 aliphatic carbocycles. The van der Waals surface area contributed by atoms with Crippen LogP contribution in [0.4, 0.5) is 0 Å². The zero-order chi connectivity index (χ0) is 14.2. The summed E-state index contributed by atoms with van der Waals surface area (Å²) < 4.78 is 0. The molecule has 1 aromatic carbocycles. The summed E-state index contributed by atoms with van der Waals surface area (Å²) in [6.45, 7) is 1.85. The van der Waals surface area contributed by atoms with Crippen LogP contribution in [0.25, 0.3) is 0 Å². The first kappa shape index (κ1) is 14.2. The number of carbonyl (C=O) groups is 1. The minimum atomic E-state index is -0.183. The first-order chi connectivity index (χ1) is 9.75. The van der Waals surface area contributed by atoms with Gasteiger partial charge in [0.15, 0.2) is 5.16 Å². The number of thioether (sulfide) groups is 1. The van der Waals surface area contributed by atoms with Crippen LogP contribution in [0.5, 0.6) is 0 Å². The van der Waals surface area contributed by atoms with E-state index in [9.17, 15) is 4.79 Å². The maximum Gasteiger partial charge on any atom is 0.250 e. The molecular formula is C14H14N4OS. The van der Waals surface area contributed by atoms with E-state index < -0.39 is 0 Å². The maximum atomic E-state index is 11.7. The molecule has 5 nitrogen and oxygen atoms in total. The Balaban J connectivity index is 1.83. The average Bonchev–Trinajstić information content (AvgIpc) is 2.52. The molecule has 0 saturated carbocycles. The number of hydrogen-bond donors (Lipinski definition) is 1. The summed E-state index contributed by atoms with van der Waals surface area (Å²) >= 11 is 1.27. The summed E-state index contributed by atoms with van der Waals surface area (Å²) in [6, 6.07) is 11.4. The lowest BCUT2D eigenvalue weighted by Crippen LogP contribution is -2.21. The van der Waals surface area contributed by atoms with Crippen LogP contribution in [-0.2, 0) is 4.79 Å². The van der Waals surface area contributed by atoms with E-state index in [1.54, 1.807) is 18.5 Å². The van der Waals surface area contributed by atoms with Crippen molar-refractivity contribution in [2.75, 3.05) is 5.75 Å². The van der Waals surface area contributed by atoms with Gasteiger partial charge in [0.05, 0.1) is 11.5 Å². The summed E-state index contributed by atoms with van der Waals surface area (Å²) in [5, 5.41) is 4.64. The highest BCUT2D eigenvalue weighted by atomic mass is 32.2. The maximum absolute atomic E-state index is 11.7. The molecule has 0 radical (unpaired) electrons. The Bertz CT molecular complexity index is 587. The molecule has 0 unspecified atom stereocenters. The van der Waals surface area contributed by atoms with Crippen LogP contribution >= 0.6 is 11.8 Å². The van der Waals surface area contributed by atoms with Gasteiger partial charge in [-0.15, -0.1) is 0 Å². The molecule has 0 saturated heterocycles. The van der Waals surface area contributed by atoms with Crippen molar-refractivity contribution in [2.45, 2.75) is 12.1 Å². The fourth-order valence-electron chi connectivity index (χ4n) is 1.41. The normalized spacial score (nSPS) is 11.2. The minimum absolute atomic E-state index is 0.183. The molecule has 6 heteroatoms. The van der Waals surface area contributed by atoms with E-state index in [0.717, 1.165) is 11.3 Å². The van der Waals surface area contributed by atoms with Crippen LogP contribution in [0, 0.1) is 0 Å². The number of hydrogen-bond acceptors (Lipinski definition) is 5. The largest absolute Gasteiger partial charge is 0.272 e. The number of nitrogens with one attached hydrogen (secondary N) is 1. The predicted molar refractivity (Wildman–Crippen MR) is 79.6 cm³/mol. The van der Waals surface area contributed by atoms with E-state index in [1.165, 1.54) is 11.8 Å². The molecule has 1 heterocycles. The lowest BCUT2D eigenvalue weighted by molar-refractivity contribution is -0.118. The van der Waals surface area contributed by atoms with Gasteiger partial charge in [-0.1, -0.05) is 42.1 Å². The topological polar surface area (TPSA) is 67.2 Å². The Hall–Kier alpha value is -2.21. The number of rotatable bonds is 5. The Kier molecular flexibility index (Phi) is 5.25. The summed E-state index contributed by atoms with van der Waals surface area (Å²) in [5.74, 6) is 0.0491. The molecule has 102 valence electrons. The Morgan fingerprint density at radius 3 is 2.60 bits per heavy atom. The Morgan fingerprint density at radius 2 is 1.90 bits per heavy atom. The van der Waals surface area contributed by atoms with Crippen LogP contribution in [0.2, 0.25) is 0 Å². The molecule has 0 atom stereocenters. The highest BCUT2D eigenvalue weighted by molar-refractivity contribution is 7.99. The van der Waals surface area contributed by atoms with Crippen molar-refractivity contribution in [3.8, 4) is 0 Å². The zero-order valence-corrected chi connectivity index (χ0v) is 11.8. The summed E-state index contributed by atoms with van der Waals surface area (Å²) in [7, 11) is 0. The second kappa shape index (κ2) is 7.40. The quantitative estimate of drug-likeness (QED) is 0.395. The van der Waals surface area contributed by atoms with Gasteiger partial charge in [0.1, 0.15) is 0 Å². The van der Waals surface area contributed by atoms with Crippen molar-refractivity contribution in [1.82, 2.24) is 15.4 Å². The molecule has 1 aromatic heterocycles. The van der Waals surface area contributed by atoms with Gasteiger partial charge in [-0.05, 0) is 18.6 Å². The number of amides is 1. The highest BCUT2D eigenvalue weighted by Gasteiger charge is 2.04. The second-order valence-electron chi connectivity index (χ2n) is 3.92. The van der Waals surface area contributed by atoms with Crippen molar-refractivity contribution in [2.24, 2.45) is 5.10 Å². The first-order valence-corrected chi connectivity index (χ1v) is 7.02. The van der Waals surface area contributed by atoms with Crippen LogP contribution in [0.3, 0.4) is 0 Å². The van der Waals surface area contributed by atoms with E-state index >= 15 is 0 Å².